The van der Waals surface area contributed by atoms with Crippen LogP contribution in [0.5, 0.6) is 5.75 Å². The first-order valence-corrected chi connectivity index (χ1v) is 15.2. The van der Waals surface area contributed by atoms with Crippen molar-refractivity contribution in [2.24, 2.45) is 0 Å². The number of carbonyl (C=O) groups excluding carboxylic acids is 1. The number of sulfonamides is 1. The van der Waals surface area contributed by atoms with Gasteiger partial charge >= 0.3 is 0 Å². The lowest BCUT2D eigenvalue weighted by molar-refractivity contribution is 0.0976. The van der Waals surface area contributed by atoms with Crippen molar-refractivity contribution < 1.29 is 17.9 Å². The summed E-state index contributed by atoms with van der Waals surface area (Å²) in [5.74, 6) is 0.0335. The van der Waals surface area contributed by atoms with Gasteiger partial charge in [0.05, 0.1) is 17.0 Å². The number of nitrogens with one attached hydrogen (secondary N) is 2. The molecule has 2 aromatic heterocycles. The van der Waals surface area contributed by atoms with Gasteiger partial charge < -0.3 is 9.72 Å². The summed E-state index contributed by atoms with van der Waals surface area (Å²) in [7, 11) is -4.04. The Balaban J connectivity index is 1.45. The van der Waals surface area contributed by atoms with Gasteiger partial charge in [-0.25, -0.2) is 13.1 Å². The number of thiophene rings is 1. The Bertz CT molecular complexity index is 1720. The molecule has 5 aromatic rings. The van der Waals surface area contributed by atoms with Crippen LogP contribution < -0.4 is 9.46 Å². The van der Waals surface area contributed by atoms with Crippen LogP contribution >= 0.6 is 22.9 Å². The maximum absolute atomic E-state index is 13.4. The number of hydrogen-bond donors (Lipinski definition) is 2. The van der Waals surface area contributed by atoms with Gasteiger partial charge in [0.1, 0.15) is 11.4 Å². The molecule has 0 aliphatic heterocycles. The predicted molar refractivity (Wildman–Crippen MR) is 157 cm³/mol. The number of aromatic nitrogens is 1. The summed E-state index contributed by atoms with van der Waals surface area (Å²) in [5.41, 5.74) is 5.63. The molecule has 0 fully saturated rings. The number of carbonyl (C=O) groups is 1. The van der Waals surface area contributed by atoms with E-state index in [1.54, 1.807) is 29.5 Å². The lowest BCUT2D eigenvalue weighted by atomic mass is 10.0. The van der Waals surface area contributed by atoms with Crippen LogP contribution in [0.2, 0.25) is 5.02 Å². The molecule has 0 atom stereocenters. The smallest absolute Gasteiger partial charge is 0.281 e. The molecule has 0 bridgehead atoms. The van der Waals surface area contributed by atoms with Gasteiger partial charge in [0.15, 0.2) is 0 Å². The Labute approximate surface area is 236 Å². The molecule has 0 saturated carbocycles. The second-order valence-electron chi connectivity index (χ2n) is 9.29. The minimum atomic E-state index is -4.04. The lowest BCUT2D eigenvalue weighted by Gasteiger charge is -2.11. The third-order valence-corrected chi connectivity index (χ3v) is 9.16. The maximum atomic E-state index is 13.4. The van der Waals surface area contributed by atoms with Crippen LogP contribution in [0.3, 0.4) is 0 Å². The summed E-state index contributed by atoms with van der Waals surface area (Å²) < 4.78 is 34.1. The summed E-state index contributed by atoms with van der Waals surface area (Å²) >= 11 is 7.86. The zero-order valence-corrected chi connectivity index (χ0v) is 23.8. The van der Waals surface area contributed by atoms with Gasteiger partial charge in [-0.1, -0.05) is 48.0 Å². The first-order chi connectivity index (χ1) is 18.7. The van der Waals surface area contributed by atoms with E-state index in [-0.39, 0.29) is 10.6 Å². The van der Waals surface area contributed by atoms with Gasteiger partial charge in [0, 0.05) is 16.0 Å². The van der Waals surface area contributed by atoms with Gasteiger partial charge in [-0.15, -0.1) is 0 Å². The van der Waals surface area contributed by atoms with Crippen molar-refractivity contribution in [2.75, 3.05) is 6.61 Å². The standard InChI is InChI=1S/C30H27ClN2O4S2/c1-19-16-22(17-20(2)27(19)31)37-14-7-12-26-25-11-6-10-24(21-13-15-38-18-21)28(25)32-29(26)30(34)33-39(35,36)23-8-4-3-5-9-23/h3-6,8-11,13,15-18,32H,7,12,14H2,1-2H3,(H,33,34). The van der Waals surface area contributed by atoms with Crippen LogP contribution in [-0.2, 0) is 16.4 Å². The average Bonchev–Trinajstić information content (AvgIpc) is 3.58. The number of benzene rings is 3. The van der Waals surface area contributed by atoms with E-state index in [4.69, 9.17) is 16.3 Å². The van der Waals surface area contributed by atoms with Crippen LogP contribution in [0.4, 0.5) is 0 Å². The molecule has 3 aromatic carbocycles. The summed E-state index contributed by atoms with van der Waals surface area (Å²) in [6, 6.07) is 19.6. The highest BCUT2D eigenvalue weighted by Gasteiger charge is 2.24. The Morgan fingerprint density at radius 2 is 1.77 bits per heavy atom. The molecule has 0 spiro atoms. The van der Waals surface area contributed by atoms with E-state index < -0.39 is 15.9 Å². The normalized spacial score (nSPS) is 11.6. The molecule has 39 heavy (non-hydrogen) atoms. The number of para-hydroxylation sites is 1. The van der Waals surface area contributed by atoms with Gasteiger partial charge in [0.2, 0.25) is 0 Å². The van der Waals surface area contributed by atoms with E-state index >= 15 is 0 Å². The van der Waals surface area contributed by atoms with E-state index in [1.807, 2.05) is 61.0 Å². The molecule has 0 saturated heterocycles. The molecule has 2 N–H and O–H groups in total. The summed E-state index contributed by atoms with van der Waals surface area (Å²) in [6.45, 7) is 4.29. The van der Waals surface area contributed by atoms with E-state index in [2.05, 4.69) is 9.71 Å². The van der Waals surface area contributed by atoms with Crippen molar-refractivity contribution in [1.29, 1.82) is 0 Å². The fourth-order valence-corrected chi connectivity index (χ4v) is 6.39. The molecule has 0 unspecified atom stereocenters. The van der Waals surface area contributed by atoms with Crippen LogP contribution in [0.1, 0.15) is 33.6 Å². The number of amides is 1. The highest BCUT2D eigenvalue weighted by molar-refractivity contribution is 7.90. The summed E-state index contributed by atoms with van der Waals surface area (Å²) in [6.07, 6.45) is 1.12. The number of aryl methyl sites for hydroxylation is 3. The van der Waals surface area contributed by atoms with Crippen molar-refractivity contribution >= 4 is 49.8 Å². The van der Waals surface area contributed by atoms with Crippen LogP contribution in [0.25, 0.3) is 22.0 Å². The molecule has 2 heterocycles. The molecule has 5 rings (SSSR count). The van der Waals surface area contributed by atoms with E-state index in [9.17, 15) is 13.2 Å². The number of halogens is 1. The zero-order chi connectivity index (χ0) is 27.6. The molecule has 0 radical (unpaired) electrons. The van der Waals surface area contributed by atoms with Gasteiger partial charge in [0.25, 0.3) is 15.9 Å². The minimum absolute atomic E-state index is 0.0249. The van der Waals surface area contributed by atoms with Gasteiger partial charge in [-0.3, -0.25) is 4.79 Å². The van der Waals surface area contributed by atoms with Crippen molar-refractivity contribution in [3.63, 3.8) is 0 Å². The fourth-order valence-electron chi connectivity index (χ4n) is 4.65. The van der Waals surface area contributed by atoms with Crippen LogP contribution in [0, 0.1) is 13.8 Å². The maximum Gasteiger partial charge on any atom is 0.281 e. The minimum Gasteiger partial charge on any atom is -0.494 e. The molecule has 0 aliphatic rings. The molecule has 6 nitrogen and oxygen atoms in total. The summed E-state index contributed by atoms with van der Waals surface area (Å²) in [4.78, 5) is 16.7. The molecule has 1 amide bonds. The SMILES string of the molecule is Cc1cc(OCCCc2c(C(=O)NS(=O)(=O)c3ccccc3)[nH]c3c(-c4ccsc4)cccc23)cc(C)c1Cl. The number of hydrogen-bond acceptors (Lipinski definition) is 5. The van der Waals surface area contributed by atoms with Crippen molar-refractivity contribution in [3.05, 3.63) is 105 Å². The topological polar surface area (TPSA) is 88.3 Å². The molecule has 0 aliphatic carbocycles. The highest BCUT2D eigenvalue weighted by Crippen LogP contribution is 2.34. The molecule has 200 valence electrons. The number of aromatic amines is 1. The average molecular weight is 579 g/mol. The van der Waals surface area contributed by atoms with Crippen LogP contribution in [0.15, 0.2) is 82.4 Å². The molecular weight excluding hydrogens is 552 g/mol. The van der Waals surface area contributed by atoms with E-state index in [0.717, 1.165) is 49.5 Å². The first kappa shape index (κ1) is 27.0. The molecular formula is C30H27ClN2O4S2. The van der Waals surface area contributed by atoms with Crippen molar-refractivity contribution in [3.8, 4) is 16.9 Å². The second-order valence-corrected chi connectivity index (χ2v) is 12.1. The van der Waals surface area contributed by atoms with Crippen molar-refractivity contribution in [1.82, 2.24) is 9.71 Å². The van der Waals surface area contributed by atoms with E-state index in [0.29, 0.717) is 19.4 Å². The fraction of sp³-hybridized carbons (Fsp3) is 0.167. The monoisotopic (exact) mass is 578 g/mol. The number of rotatable bonds is 9. The Kier molecular flexibility index (Phi) is 7.79. The Hall–Kier alpha value is -3.59. The third-order valence-electron chi connectivity index (χ3n) is 6.53. The number of fused-ring (bicyclic) bond motifs is 1. The molecule has 9 heteroatoms. The highest BCUT2D eigenvalue weighted by atomic mass is 35.5. The van der Waals surface area contributed by atoms with Crippen molar-refractivity contribution in [2.45, 2.75) is 31.6 Å². The van der Waals surface area contributed by atoms with Gasteiger partial charge in [-0.05, 0) is 90.0 Å². The Morgan fingerprint density at radius 3 is 2.46 bits per heavy atom. The van der Waals surface area contributed by atoms with Gasteiger partial charge in [-0.2, -0.15) is 11.3 Å². The first-order valence-electron chi connectivity index (χ1n) is 12.4. The zero-order valence-electron chi connectivity index (χ0n) is 21.5. The second kappa shape index (κ2) is 11.3. The Morgan fingerprint density at radius 1 is 1.03 bits per heavy atom. The lowest BCUT2D eigenvalue weighted by Crippen LogP contribution is -2.31. The number of ether oxygens (including phenoxy) is 1. The predicted octanol–water partition coefficient (Wildman–Crippen LogP) is 7.30. The number of H-pyrrole nitrogens is 1. The van der Waals surface area contributed by atoms with E-state index in [1.165, 1.54) is 12.1 Å². The van der Waals surface area contributed by atoms with Crippen LogP contribution in [-0.4, -0.2) is 25.9 Å². The quantitative estimate of drug-likeness (QED) is 0.180. The third kappa shape index (κ3) is 5.73. The summed E-state index contributed by atoms with van der Waals surface area (Å²) in [5, 5.41) is 5.64. The largest absolute Gasteiger partial charge is 0.494 e.